The summed E-state index contributed by atoms with van der Waals surface area (Å²) >= 11 is 0. The van der Waals surface area contributed by atoms with Crippen molar-refractivity contribution < 1.29 is 4.79 Å². The van der Waals surface area contributed by atoms with E-state index in [1.165, 1.54) is 0 Å². The van der Waals surface area contributed by atoms with Gasteiger partial charge in [-0.3, -0.25) is 4.79 Å². The fourth-order valence-corrected chi connectivity index (χ4v) is 3.81. The molecule has 7 heteroatoms. The molecule has 0 radical (unpaired) electrons. The Morgan fingerprint density at radius 3 is 2.81 bits per heavy atom. The lowest BCUT2D eigenvalue weighted by atomic mass is 10.2. The van der Waals surface area contributed by atoms with Crippen LogP contribution in [-0.2, 0) is 11.2 Å². The number of carbonyl (C=O) groups is 1. The molecule has 7 nitrogen and oxygen atoms in total. The van der Waals surface area contributed by atoms with Crippen molar-refractivity contribution in [1.29, 1.82) is 0 Å². The van der Waals surface area contributed by atoms with E-state index in [-0.39, 0.29) is 5.91 Å². The molecule has 3 aromatic heterocycles. The first-order chi connectivity index (χ1) is 13.1. The van der Waals surface area contributed by atoms with E-state index >= 15 is 0 Å². The van der Waals surface area contributed by atoms with Gasteiger partial charge in [0.15, 0.2) is 11.3 Å². The van der Waals surface area contributed by atoms with Crippen LogP contribution in [0.1, 0.15) is 43.1 Å². The lowest BCUT2D eigenvalue weighted by Gasteiger charge is -2.16. The first kappa shape index (κ1) is 17.7. The summed E-state index contributed by atoms with van der Waals surface area (Å²) in [5, 5.41) is 9.20. The number of likely N-dealkylation sites (tertiary alicyclic amines) is 1. The fourth-order valence-electron chi connectivity index (χ4n) is 3.81. The van der Waals surface area contributed by atoms with Crippen molar-refractivity contribution in [2.24, 2.45) is 0 Å². The van der Waals surface area contributed by atoms with Crippen molar-refractivity contribution in [2.45, 2.75) is 46.5 Å². The Kier molecular flexibility index (Phi) is 4.68. The predicted octanol–water partition coefficient (Wildman–Crippen LogP) is 2.88. The van der Waals surface area contributed by atoms with Crippen LogP contribution in [-0.4, -0.2) is 50.0 Å². The van der Waals surface area contributed by atoms with E-state index in [4.69, 9.17) is 10.1 Å². The Morgan fingerprint density at radius 1 is 1.22 bits per heavy atom. The average Bonchev–Trinajstić information content (AvgIpc) is 3.21. The molecule has 142 valence electrons. The molecule has 4 heterocycles. The first-order valence-electron chi connectivity index (χ1n) is 9.75. The number of pyridine rings is 1. The van der Waals surface area contributed by atoms with Crippen LogP contribution in [0, 0.1) is 13.8 Å². The van der Waals surface area contributed by atoms with Crippen molar-refractivity contribution in [3.05, 3.63) is 29.1 Å². The largest absolute Gasteiger partial charge is 0.370 e. The molecule has 1 aliphatic rings. The van der Waals surface area contributed by atoms with Crippen molar-refractivity contribution in [3.63, 3.8) is 0 Å². The second kappa shape index (κ2) is 7.13. The summed E-state index contributed by atoms with van der Waals surface area (Å²) in [5.41, 5.74) is 4.72. The molecule has 1 aliphatic heterocycles. The Labute approximate surface area is 158 Å². The van der Waals surface area contributed by atoms with Crippen LogP contribution < -0.4 is 5.32 Å². The van der Waals surface area contributed by atoms with Crippen LogP contribution >= 0.6 is 0 Å². The van der Waals surface area contributed by atoms with Crippen molar-refractivity contribution in [1.82, 2.24) is 24.5 Å². The van der Waals surface area contributed by atoms with Gasteiger partial charge < -0.3 is 10.2 Å². The van der Waals surface area contributed by atoms with Gasteiger partial charge in [0.1, 0.15) is 5.82 Å². The van der Waals surface area contributed by atoms with E-state index < -0.39 is 0 Å². The minimum atomic E-state index is 0.282. The normalized spacial score (nSPS) is 14.6. The molecule has 27 heavy (non-hydrogen) atoms. The lowest BCUT2D eigenvalue weighted by Crippen LogP contribution is -2.27. The van der Waals surface area contributed by atoms with Gasteiger partial charge in [-0.15, -0.1) is 5.10 Å². The Bertz CT molecular complexity index is 1010. The van der Waals surface area contributed by atoms with Crippen LogP contribution in [0.4, 0.5) is 5.82 Å². The number of rotatable bonds is 6. The highest BCUT2D eigenvalue weighted by atomic mass is 16.2. The maximum absolute atomic E-state index is 11.7. The standard InChI is InChI=1S/C20H26N6O/c1-4-15-12-16(21-8-6-10-25-9-5-7-17(25)27)26-20(23-15)18-13(2)11-14(3)22-19(18)24-26/h11-12,21H,4-10H2,1-3H3. The van der Waals surface area contributed by atoms with Crippen LogP contribution in [0.3, 0.4) is 0 Å². The summed E-state index contributed by atoms with van der Waals surface area (Å²) in [6, 6.07) is 4.13. The molecule has 0 aromatic carbocycles. The molecular weight excluding hydrogens is 340 g/mol. The van der Waals surface area contributed by atoms with E-state index in [0.29, 0.717) is 6.42 Å². The maximum Gasteiger partial charge on any atom is 0.222 e. The highest BCUT2D eigenvalue weighted by Crippen LogP contribution is 2.25. The van der Waals surface area contributed by atoms with Gasteiger partial charge >= 0.3 is 0 Å². The van der Waals surface area contributed by atoms with Gasteiger partial charge in [-0.25, -0.2) is 9.97 Å². The van der Waals surface area contributed by atoms with Gasteiger partial charge in [-0.2, -0.15) is 4.52 Å². The third-order valence-corrected chi connectivity index (χ3v) is 5.17. The lowest BCUT2D eigenvalue weighted by molar-refractivity contribution is -0.127. The number of aromatic nitrogens is 4. The second-order valence-electron chi connectivity index (χ2n) is 7.27. The zero-order chi connectivity index (χ0) is 19.0. The third-order valence-electron chi connectivity index (χ3n) is 5.17. The van der Waals surface area contributed by atoms with Crippen LogP contribution in [0.25, 0.3) is 16.7 Å². The molecule has 1 amide bonds. The highest BCUT2D eigenvalue weighted by Gasteiger charge is 2.19. The summed E-state index contributed by atoms with van der Waals surface area (Å²) < 4.78 is 1.87. The van der Waals surface area contributed by atoms with Gasteiger partial charge in [0, 0.05) is 43.5 Å². The third kappa shape index (κ3) is 3.34. The number of aryl methyl sites for hydroxylation is 3. The Morgan fingerprint density at radius 2 is 2.07 bits per heavy atom. The quantitative estimate of drug-likeness (QED) is 0.679. The average molecular weight is 366 g/mol. The van der Waals surface area contributed by atoms with E-state index in [2.05, 4.69) is 36.3 Å². The summed E-state index contributed by atoms with van der Waals surface area (Å²) in [6.07, 6.45) is 3.46. The summed E-state index contributed by atoms with van der Waals surface area (Å²) in [7, 11) is 0. The number of hydrogen-bond acceptors (Lipinski definition) is 5. The number of fused-ring (bicyclic) bond motifs is 3. The Balaban J connectivity index is 1.61. The molecular formula is C20H26N6O. The highest BCUT2D eigenvalue weighted by molar-refractivity contribution is 5.93. The van der Waals surface area contributed by atoms with E-state index in [9.17, 15) is 4.79 Å². The topological polar surface area (TPSA) is 75.4 Å². The number of hydrogen-bond donors (Lipinski definition) is 1. The van der Waals surface area contributed by atoms with Gasteiger partial charge in [-0.05, 0) is 44.7 Å². The van der Waals surface area contributed by atoms with E-state index in [0.717, 1.165) is 78.3 Å². The van der Waals surface area contributed by atoms with E-state index in [1.807, 2.05) is 16.3 Å². The summed E-state index contributed by atoms with van der Waals surface area (Å²) in [4.78, 5) is 23.1. The molecule has 0 spiro atoms. The van der Waals surface area contributed by atoms with Gasteiger partial charge in [0.25, 0.3) is 0 Å². The molecule has 0 bridgehead atoms. The zero-order valence-electron chi connectivity index (χ0n) is 16.2. The number of nitrogens with one attached hydrogen (secondary N) is 1. The molecule has 3 aromatic rings. The molecule has 1 N–H and O–H groups in total. The number of carbonyl (C=O) groups excluding carboxylic acids is 1. The van der Waals surface area contributed by atoms with E-state index in [1.54, 1.807) is 0 Å². The molecule has 0 unspecified atom stereocenters. The van der Waals surface area contributed by atoms with Gasteiger partial charge in [0.2, 0.25) is 5.91 Å². The maximum atomic E-state index is 11.7. The molecule has 4 rings (SSSR count). The predicted molar refractivity (Wildman–Crippen MR) is 106 cm³/mol. The van der Waals surface area contributed by atoms with Crippen LogP contribution in [0.15, 0.2) is 12.1 Å². The molecule has 0 saturated carbocycles. The molecule has 1 fully saturated rings. The van der Waals surface area contributed by atoms with Crippen molar-refractivity contribution >= 4 is 28.4 Å². The second-order valence-corrected chi connectivity index (χ2v) is 7.27. The first-order valence-corrected chi connectivity index (χ1v) is 9.75. The van der Waals surface area contributed by atoms with Gasteiger partial charge in [-0.1, -0.05) is 6.92 Å². The zero-order valence-corrected chi connectivity index (χ0v) is 16.2. The van der Waals surface area contributed by atoms with Crippen LogP contribution in [0.5, 0.6) is 0 Å². The van der Waals surface area contributed by atoms with Crippen molar-refractivity contribution in [2.75, 3.05) is 25.0 Å². The Hall–Kier alpha value is -2.70. The number of nitrogens with zero attached hydrogens (tertiary/aromatic N) is 5. The minimum absolute atomic E-state index is 0.282. The SMILES string of the molecule is CCc1cc(NCCCN2CCCC2=O)n2nc3nc(C)cc(C)c3c2n1. The molecule has 1 saturated heterocycles. The fraction of sp³-hybridized carbons (Fsp3) is 0.500. The van der Waals surface area contributed by atoms with Gasteiger partial charge in [0.05, 0.1) is 5.39 Å². The molecule has 0 aliphatic carbocycles. The summed E-state index contributed by atoms with van der Waals surface area (Å²) in [5.74, 6) is 1.21. The van der Waals surface area contributed by atoms with Crippen LogP contribution in [0.2, 0.25) is 0 Å². The number of amides is 1. The summed E-state index contributed by atoms with van der Waals surface area (Å²) in [6.45, 7) is 8.66. The van der Waals surface area contributed by atoms with Crippen molar-refractivity contribution in [3.8, 4) is 0 Å². The molecule has 0 atom stereocenters. The smallest absolute Gasteiger partial charge is 0.222 e. The monoisotopic (exact) mass is 366 g/mol. The minimum Gasteiger partial charge on any atom is -0.370 e. The number of anilines is 1.